The number of methoxy groups -OCH3 is 1. The first-order valence-corrected chi connectivity index (χ1v) is 6.12. The lowest BCUT2D eigenvalue weighted by molar-refractivity contribution is -0.130. The smallest absolute Gasteiger partial charge is 0.239 e. The molecule has 0 radical (unpaired) electrons. The Hall–Kier alpha value is -1.55. The third-order valence-electron chi connectivity index (χ3n) is 2.95. The molecule has 18 heavy (non-hydrogen) atoms. The number of amides is 1. The van der Waals surface area contributed by atoms with E-state index in [0.29, 0.717) is 6.42 Å². The van der Waals surface area contributed by atoms with Crippen LogP contribution in [0.3, 0.4) is 0 Å². The number of likely N-dealkylation sites (N-methyl/N-ethyl adjacent to an activating group) is 1. The van der Waals surface area contributed by atoms with E-state index in [1.165, 1.54) is 10.5 Å². The molecule has 100 valence electrons. The molecule has 1 aromatic rings. The molecule has 0 bridgehead atoms. The van der Waals surface area contributed by atoms with E-state index in [1.807, 2.05) is 12.1 Å². The van der Waals surface area contributed by atoms with Crippen molar-refractivity contribution < 1.29 is 9.53 Å². The van der Waals surface area contributed by atoms with Crippen LogP contribution < -0.4 is 10.5 Å². The number of hydrogen-bond donors (Lipinski definition) is 1. The number of nitrogens with two attached hydrogens (primary N) is 1. The van der Waals surface area contributed by atoms with Crippen LogP contribution in [0, 0.1) is 0 Å². The predicted octanol–water partition coefficient (Wildman–Crippen LogP) is 1.22. The van der Waals surface area contributed by atoms with Gasteiger partial charge in [0.2, 0.25) is 5.91 Å². The first-order chi connectivity index (χ1) is 8.49. The van der Waals surface area contributed by atoms with Crippen molar-refractivity contribution in [3.05, 3.63) is 29.3 Å². The normalized spacial score (nSPS) is 12.1. The van der Waals surface area contributed by atoms with Crippen LogP contribution in [0.4, 0.5) is 0 Å². The Labute approximate surface area is 109 Å². The number of nitrogens with zero attached hydrogens (tertiary/aromatic N) is 1. The van der Waals surface area contributed by atoms with E-state index >= 15 is 0 Å². The summed E-state index contributed by atoms with van der Waals surface area (Å²) in [6.07, 6.45) is 1.45. The molecule has 0 aliphatic carbocycles. The Kier molecular flexibility index (Phi) is 5.16. The highest BCUT2D eigenvalue weighted by molar-refractivity contribution is 5.81. The molecule has 4 nitrogen and oxygen atoms in total. The van der Waals surface area contributed by atoms with Crippen LogP contribution in [-0.2, 0) is 17.6 Å². The average molecular weight is 250 g/mol. The quantitative estimate of drug-likeness (QED) is 0.854. The lowest BCUT2D eigenvalue weighted by atomic mass is 10.0. The van der Waals surface area contributed by atoms with Crippen LogP contribution in [-0.4, -0.2) is 38.1 Å². The number of carbonyl (C=O) groups excluding carboxylic acids is 1. The van der Waals surface area contributed by atoms with Gasteiger partial charge in [0.15, 0.2) is 0 Å². The van der Waals surface area contributed by atoms with Crippen LogP contribution in [0.25, 0.3) is 0 Å². The molecule has 1 amide bonds. The summed E-state index contributed by atoms with van der Waals surface area (Å²) in [5.74, 6) is 0.716. The third-order valence-corrected chi connectivity index (χ3v) is 2.95. The molecule has 0 fully saturated rings. The molecular weight excluding hydrogens is 228 g/mol. The minimum atomic E-state index is -0.527. The van der Waals surface area contributed by atoms with Crippen molar-refractivity contribution in [2.24, 2.45) is 5.73 Å². The zero-order valence-electron chi connectivity index (χ0n) is 11.6. The van der Waals surface area contributed by atoms with Gasteiger partial charge in [-0.2, -0.15) is 0 Å². The number of rotatable bonds is 5. The van der Waals surface area contributed by atoms with Gasteiger partial charge in [-0.15, -0.1) is 0 Å². The van der Waals surface area contributed by atoms with E-state index in [2.05, 4.69) is 13.0 Å². The molecule has 0 saturated heterocycles. The lowest BCUT2D eigenvalue weighted by Crippen LogP contribution is -2.41. The second-order valence-corrected chi connectivity index (χ2v) is 4.54. The fraction of sp³-hybridized carbons (Fsp3) is 0.500. The van der Waals surface area contributed by atoms with Gasteiger partial charge in [0.25, 0.3) is 0 Å². The monoisotopic (exact) mass is 250 g/mol. The summed E-state index contributed by atoms with van der Waals surface area (Å²) in [5.41, 5.74) is 8.12. The maximum absolute atomic E-state index is 11.8. The van der Waals surface area contributed by atoms with Crippen LogP contribution in [0.5, 0.6) is 5.75 Å². The average Bonchev–Trinajstić information content (AvgIpc) is 2.37. The first kappa shape index (κ1) is 14.5. The molecule has 0 aliphatic heterocycles. The highest BCUT2D eigenvalue weighted by Gasteiger charge is 2.18. The Bertz CT molecular complexity index is 416. The van der Waals surface area contributed by atoms with Gasteiger partial charge >= 0.3 is 0 Å². The number of ether oxygens (including phenoxy) is 1. The van der Waals surface area contributed by atoms with E-state index < -0.39 is 6.04 Å². The molecule has 0 aromatic heterocycles. The molecule has 1 unspecified atom stereocenters. The fourth-order valence-corrected chi connectivity index (χ4v) is 1.87. The molecular formula is C14H22N2O2. The van der Waals surface area contributed by atoms with Gasteiger partial charge in [0, 0.05) is 20.5 Å². The number of hydrogen-bond acceptors (Lipinski definition) is 3. The summed E-state index contributed by atoms with van der Waals surface area (Å²) in [5, 5.41) is 0. The van der Waals surface area contributed by atoms with Crippen LogP contribution in [0.2, 0.25) is 0 Å². The van der Waals surface area contributed by atoms with Crippen LogP contribution in [0.1, 0.15) is 18.1 Å². The van der Waals surface area contributed by atoms with Crippen molar-refractivity contribution in [3.63, 3.8) is 0 Å². The third kappa shape index (κ3) is 3.47. The minimum Gasteiger partial charge on any atom is -0.496 e. The van der Waals surface area contributed by atoms with E-state index in [4.69, 9.17) is 10.5 Å². The number of benzene rings is 1. The van der Waals surface area contributed by atoms with Gasteiger partial charge in [-0.25, -0.2) is 0 Å². The SMILES string of the molecule is CCc1ccc(OC)c(CC(N)C(=O)N(C)C)c1. The molecule has 1 rings (SSSR count). The molecule has 0 aliphatic rings. The van der Waals surface area contributed by atoms with Gasteiger partial charge in [-0.3, -0.25) is 4.79 Å². The molecule has 2 N–H and O–H groups in total. The Morgan fingerprint density at radius 1 is 1.44 bits per heavy atom. The topological polar surface area (TPSA) is 55.6 Å². The van der Waals surface area contributed by atoms with Gasteiger partial charge in [-0.1, -0.05) is 19.1 Å². The first-order valence-electron chi connectivity index (χ1n) is 6.12. The second kappa shape index (κ2) is 6.40. The Morgan fingerprint density at radius 2 is 2.11 bits per heavy atom. The Balaban J connectivity index is 2.91. The summed E-state index contributed by atoms with van der Waals surface area (Å²) >= 11 is 0. The molecule has 1 atom stereocenters. The Morgan fingerprint density at radius 3 is 2.61 bits per heavy atom. The van der Waals surface area contributed by atoms with Crippen LogP contribution in [0.15, 0.2) is 18.2 Å². The van der Waals surface area contributed by atoms with Crippen LogP contribution >= 0.6 is 0 Å². The van der Waals surface area contributed by atoms with Gasteiger partial charge in [-0.05, 0) is 23.6 Å². The summed E-state index contributed by atoms with van der Waals surface area (Å²) in [7, 11) is 5.05. The molecule has 1 aromatic carbocycles. The fourth-order valence-electron chi connectivity index (χ4n) is 1.87. The predicted molar refractivity (Wildman–Crippen MR) is 72.7 cm³/mol. The lowest BCUT2D eigenvalue weighted by Gasteiger charge is -2.18. The molecule has 0 saturated carbocycles. The highest BCUT2D eigenvalue weighted by Crippen LogP contribution is 2.21. The van der Waals surface area contributed by atoms with E-state index in [-0.39, 0.29) is 5.91 Å². The molecule has 4 heteroatoms. The second-order valence-electron chi connectivity index (χ2n) is 4.54. The van der Waals surface area contributed by atoms with Crippen molar-refractivity contribution in [3.8, 4) is 5.75 Å². The number of carbonyl (C=O) groups is 1. The maximum Gasteiger partial charge on any atom is 0.239 e. The molecule has 0 spiro atoms. The summed E-state index contributed by atoms with van der Waals surface area (Å²) in [6.45, 7) is 2.09. The zero-order valence-corrected chi connectivity index (χ0v) is 11.6. The maximum atomic E-state index is 11.8. The van der Waals surface area contributed by atoms with Crippen molar-refractivity contribution >= 4 is 5.91 Å². The van der Waals surface area contributed by atoms with E-state index in [0.717, 1.165) is 17.7 Å². The van der Waals surface area contributed by atoms with Crippen molar-refractivity contribution in [1.82, 2.24) is 4.90 Å². The van der Waals surface area contributed by atoms with Crippen molar-refractivity contribution in [1.29, 1.82) is 0 Å². The largest absolute Gasteiger partial charge is 0.496 e. The van der Waals surface area contributed by atoms with Crippen molar-refractivity contribution in [2.45, 2.75) is 25.8 Å². The van der Waals surface area contributed by atoms with Crippen molar-refractivity contribution in [2.75, 3.05) is 21.2 Å². The van der Waals surface area contributed by atoms with E-state index in [9.17, 15) is 4.79 Å². The van der Waals surface area contributed by atoms with Gasteiger partial charge in [0.1, 0.15) is 5.75 Å². The van der Waals surface area contributed by atoms with Gasteiger partial charge in [0.05, 0.1) is 13.2 Å². The minimum absolute atomic E-state index is 0.0704. The zero-order chi connectivity index (χ0) is 13.7. The van der Waals surface area contributed by atoms with Gasteiger partial charge < -0.3 is 15.4 Å². The summed E-state index contributed by atoms with van der Waals surface area (Å²) < 4.78 is 5.31. The number of aryl methyl sites for hydroxylation is 1. The molecule has 0 heterocycles. The summed E-state index contributed by atoms with van der Waals surface area (Å²) in [4.78, 5) is 13.3. The highest BCUT2D eigenvalue weighted by atomic mass is 16.5. The standard InChI is InChI=1S/C14H22N2O2/c1-5-10-6-7-13(18-4)11(8-10)9-12(15)14(17)16(2)3/h6-8,12H,5,9,15H2,1-4H3. The van der Waals surface area contributed by atoms with E-state index in [1.54, 1.807) is 21.2 Å². The summed E-state index contributed by atoms with van der Waals surface area (Å²) in [6, 6.07) is 5.49.